The molecule has 12 heteroatoms. The Morgan fingerprint density at radius 1 is 0.333 bits per heavy atom. The van der Waals surface area contributed by atoms with E-state index in [1.165, 1.54) is 0 Å². The number of rotatable bonds is 0. The van der Waals surface area contributed by atoms with Crippen LogP contribution in [0.3, 0.4) is 0 Å². The van der Waals surface area contributed by atoms with Gasteiger partial charge in [0.05, 0.1) is 0 Å². The molecule has 0 rings (SSSR count). The molecule has 0 aliphatic rings. The zero-order chi connectivity index (χ0) is 12.0. The van der Waals surface area contributed by atoms with Crippen molar-refractivity contribution in [3.05, 3.63) is 39.4 Å². The maximum absolute atomic E-state index is 6.25. The van der Waals surface area contributed by atoms with Crippen LogP contribution in [0.4, 0.5) is 0 Å². The third kappa shape index (κ3) is 290. The van der Waals surface area contributed by atoms with E-state index in [0.717, 1.165) is 0 Å². The molecule has 6 nitrogen and oxygen atoms in total. The van der Waals surface area contributed by atoms with Crippen LogP contribution < -0.4 is 257 Å². The first-order chi connectivity index (χ1) is 6.00. The maximum Gasteiger partial charge on any atom is 6.00 e. The molecule has 0 N–H and O–H groups in total. The van der Waals surface area contributed by atoms with Crippen molar-refractivity contribution in [1.29, 1.82) is 31.6 Å². The van der Waals surface area contributed by atoms with Crippen molar-refractivity contribution in [1.82, 2.24) is 0 Å². The van der Waals surface area contributed by atoms with Crippen molar-refractivity contribution in [2.75, 3.05) is 0 Å². The second-order valence-electron chi connectivity index (χ2n) is 0. The summed E-state index contributed by atoms with van der Waals surface area (Å²) in [6.45, 7) is 28.5. The van der Waals surface area contributed by atoms with E-state index in [0.29, 0.717) is 0 Å². The molecule has 0 saturated carbocycles. The topological polar surface area (TPSA) is 143 Å². The van der Waals surface area contributed by atoms with Crippen molar-refractivity contribution in [2.45, 2.75) is 0 Å². The van der Waals surface area contributed by atoms with E-state index in [2.05, 4.69) is 0 Å². The van der Waals surface area contributed by atoms with Gasteiger partial charge in [-0.05, 0) is 0 Å². The third-order valence-corrected chi connectivity index (χ3v) is 0. The molecular weight excluding hydrogens is 407 g/mol. The maximum atomic E-state index is 6.25. The van der Waals surface area contributed by atoms with Crippen LogP contribution in [0.2, 0.25) is 0 Å². The van der Waals surface area contributed by atoms with Gasteiger partial charge in [0.15, 0.2) is 0 Å². The Labute approximate surface area is 341 Å². The Morgan fingerprint density at radius 3 is 0.333 bits per heavy atom. The minimum absolute atomic E-state index is 0. The van der Waals surface area contributed by atoms with E-state index in [-0.39, 0.29) is 281 Å². The van der Waals surface area contributed by atoms with Crippen molar-refractivity contribution < 1.29 is 281 Å². The summed E-state index contributed by atoms with van der Waals surface area (Å²) in [5.74, 6) is 0. The predicted molar refractivity (Wildman–Crippen MR) is 35.4 cm³/mol. The van der Waals surface area contributed by atoms with Gasteiger partial charge in [0.2, 0.25) is 0 Å². The summed E-state index contributed by atoms with van der Waals surface area (Å²) >= 11 is 0. The molecule has 0 bridgehead atoms. The molecule has 72 valence electrons. The summed E-state index contributed by atoms with van der Waals surface area (Å²) in [7, 11) is 0. The molecule has 0 aromatic rings. The third-order valence-electron chi connectivity index (χ3n) is 0. The van der Waals surface area contributed by atoms with Gasteiger partial charge in [0.1, 0.15) is 0 Å². The normalized spacial score (nSPS) is 0.667. The quantitative estimate of drug-likeness (QED) is 0.286. The summed E-state index contributed by atoms with van der Waals surface area (Å²) in [4.78, 5) is 0. The molecule has 0 unspecified atom stereocenters. The van der Waals surface area contributed by atoms with Gasteiger partial charge in [-0.1, -0.05) is 0 Å². The molecule has 0 heterocycles. The fourth-order valence-corrected chi connectivity index (χ4v) is 0. The van der Waals surface area contributed by atoms with Crippen LogP contribution >= 0.6 is 0 Å². The number of hydrogen-bond acceptors (Lipinski definition) is 6. The van der Waals surface area contributed by atoms with E-state index in [1.54, 1.807) is 0 Å². The molecule has 0 aromatic carbocycles. The van der Waals surface area contributed by atoms with E-state index >= 15 is 0 Å². The predicted octanol–water partition coefficient (Wildman–Crippen LogP) is -13.8. The average Bonchev–Trinajstić information content (AvgIpc) is 2.33. The Hall–Kier alpha value is 5.64. The number of hydrogen-bond donors (Lipinski definition) is 0. The van der Waals surface area contributed by atoms with Crippen LogP contribution in [-0.4, -0.2) is 0 Å². The van der Waals surface area contributed by atoms with Gasteiger partial charge in [0, 0.05) is 0 Å². The summed E-state index contributed by atoms with van der Waals surface area (Å²) in [5.41, 5.74) is 0. The zero-order valence-electron chi connectivity index (χ0n) is 16.0. The fourth-order valence-electron chi connectivity index (χ4n) is 0. The SMILES string of the molecule is [C-]#N.[C-]#N.[C-]#N.[C-]#N.[C-]#N.[C-]#N.[Fe+6].[H-].[H-].[H-].[H-].[H-].[K+].[K+].[K+].[K+].[K+]. The van der Waals surface area contributed by atoms with Gasteiger partial charge in [-0.2, -0.15) is 0 Å². The summed E-state index contributed by atoms with van der Waals surface area (Å²) < 4.78 is 0. The van der Waals surface area contributed by atoms with Crippen LogP contribution in [0.1, 0.15) is 7.13 Å². The molecule has 0 aliphatic carbocycles. The Bertz CT molecular complexity index is 125. The minimum atomic E-state index is 0. The first-order valence-corrected chi connectivity index (χ1v) is 1.34. The standard InChI is InChI=1S/6CN.Fe.5K.5H/c6*1-2;;;;;;;;;;;/q6*-1;+6;5*+1;5*-1. The van der Waals surface area contributed by atoms with Crippen molar-refractivity contribution in [3.63, 3.8) is 0 Å². The van der Waals surface area contributed by atoms with E-state index in [1.807, 2.05) is 0 Å². The second kappa shape index (κ2) is 333. The van der Waals surface area contributed by atoms with Crippen LogP contribution in [0.5, 0.6) is 0 Å². The summed E-state index contributed by atoms with van der Waals surface area (Å²) in [6.07, 6.45) is 0. The molecule has 18 heavy (non-hydrogen) atoms. The van der Waals surface area contributed by atoms with Crippen molar-refractivity contribution in [3.8, 4) is 0 Å². The monoisotopic (exact) mass is 412 g/mol. The van der Waals surface area contributed by atoms with Gasteiger partial charge in [-0.3, -0.25) is 0 Å². The first-order valence-electron chi connectivity index (χ1n) is 1.34. The van der Waals surface area contributed by atoms with Crippen LogP contribution in [0.25, 0.3) is 0 Å². The molecule has 0 spiro atoms. The summed E-state index contributed by atoms with van der Waals surface area (Å²) in [6, 6.07) is 0. The molecular formula is C6H5FeK5N6. The molecule has 0 amide bonds. The molecule has 0 radical (unpaired) electrons. The molecule has 0 aliphatic heterocycles. The summed E-state index contributed by atoms with van der Waals surface area (Å²) in [5, 5.41) is 37.5. The minimum Gasteiger partial charge on any atom is -1.00 e. The smallest absolute Gasteiger partial charge is 1.00 e. The van der Waals surface area contributed by atoms with Gasteiger partial charge < -0.3 is 78.1 Å². The van der Waals surface area contributed by atoms with Gasteiger partial charge in [0.25, 0.3) is 0 Å². The largest absolute Gasteiger partial charge is 6.00 e. The number of nitrogens with zero attached hydrogens (tertiary/aromatic N) is 6. The Balaban J connectivity index is -0.00000000114. The van der Waals surface area contributed by atoms with E-state index in [9.17, 15) is 0 Å². The molecule has 0 fully saturated rings. The Kier molecular flexibility index (Phi) is 1660. The van der Waals surface area contributed by atoms with Crippen LogP contribution in [-0.2, 0) is 17.1 Å². The molecule has 0 saturated heterocycles. The first kappa shape index (κ1) is 89.4. The zero-order valence-corrected chi connectivity index (χ0v) is 27.8. The van der Waals surface area contributed by atoms with Crippen molar-refractivity contribution >= 4 is 0 Å². The average molecular weight is 412 g/mol. The molecule has 0 atom stereocenters. The van der Waals surface area contributed by atoms with Crippen LogP contribution in [0.15, 0.2) is 0 Å². The van der Waals surface area contributed by atoms with E-state index < -0.39 is 0 Å². The Morgan fingerprint density at radius 2 is 0.333 bits per heavy atom. The fraction of sp³-hybridized carbons (Fsp3) is 0. The van der Waals surface area contributed by atoms with Crippen molar-refractivity contribution in [2.24, 2.45) is 0 Å². The van der Waals surface area contributed by atoms with E-state index in [4.69, 9.17) is 71.0 Å². The van der Waals surface area contributed by atoms with Gasteiger partial charge >= 0.3 is 274 Å². The molecule has 0 aromatic heterocycles. The van der Waals surface area contributed by atoms with Crippen LogP contribution in [0, 0.1) is 71.0 Å². The van der Waals surface area contributed by atoms with Gasteiger partial charge in [-0.15, -0.1) is 0 Å². The van der Waals surface area contributed by atoms with Gasteiger partial charge in [-0.25, -0.2) is 0 Å². The second-order valence-corrected chi connectivity index (χ2v) is 0.